The Hall–Kier alpha value is -2.46. The number of aromatic nitrogens is 2. The molecule has 2 heterocycles. The first-order chi connectivity index (χ1) is 11.9. The predicted octanol–water partition coefficient (Wildman–Crippen LogP) is 5.52. The molecule has 0 radical (unpaired) electrons. The lowest BCUT2D eigenvalue weighted by Gasteiger charge is -2.16. The molecule has 0 aliphatic rings. The second-order valence-electron chi connectivity index (χ2n) is 6.23. The van der Waals surface area contributed by atoms with E-state index in [1.165, 1.54) is 25.1 Å². The summed E-state index contributed by atoms with van der Waals surface area (Å²) in [6, 6.07) is 9.94. The Kier molecular flexibility index (Phi) is 4.73. The van der Waals surface area contributed by atoms with Crippen molar-refractivity contribution in [2.24, 2.45) is 0 Å². The van der Waals surface area contributed by atoms with Crippen molar-refractivity contribution in [2.45, 2.75) is 26.7 Å². The molecule has 5 heteroatoms. The molecule has 0 N–H and O–H groups in total. The SMILES string of the molecule is CC(=O)C=Cc1c(C(C)C)nn2c(Cl)ccc2c1-c1ccc(F)cc1. The van der Waals surface area contributed by atoms with Gasteiger partial charge in [0.2, 0.25) is 0 Å². The number of fused-ring (bicyclic) bond motifs is 1. The molecule has 1 aromatic carbocycles. The van der Waals surface area contributed by atoms with Crippen LogP contribution in [0.2, 0.25) is 5.15 Å². The molecular weight excluding hydrogens is 339 g/mol. The van der Waals surface area contributed by atoms with Gasteiger partial charge in [-0.3, -0.25) is 4.79 Å². The van der Waals surface area contributed by atoms with E-state index in [2.05, 4.69) is 5.10 Å². The number of carbonyl (C=O) groups excluding carboxylic acids is 1. The van der Waals surface area contributed by atoms with E-state index >= 15 is 0 Å². The van der Waals surface area contributed by atoms with Crippen LogP contribution in [0.4, 0.5) is 4.39 Å². The highest BCUT2D eigenvalue weighted by molar-refractivity contribution is 6.30. The van der Waals surface area contributed by atoms with E-state index < -0.39 is 0 Å². The molecule has 0 bridgehead atoms. The molecule has 0 aliphatic heterocycles. The molecule has 3 aromatic rings. The fourth-order valence-corrected chi connectivity index (χ4v) is 3.03. The van der Waals surface area contributed by atoms with Gasteiger partial charge in [0.15, 0.2) is 5.78 Å². The largest absolute Gasteiger partial charge is 0.295 e. The highest BCUT2D eigenvalue weighted by Crippen LogP contribution is 2.35. The van der Waals surface area contributed by atoms with Crippen molar-refractivity contribution in [3.05, 3.63) is 64.7 Å². The molecule has 0 atom stereocenters. The maximum absolute atomic E-state index is 13.4. The Labute approximate surface area is 150 Å². The van der Waals surface area contributed by atoms with Crippen LogP contribution in [-0.4, -0.2) is 15.4 Å². The number of hydrogen-bond acceptors (Lipinski definition) is 2. The summed E-state index contributed by atoms with van der Waals surface area (Å²) in [6.07, 6.45) is 3.31. The Bertz CT molecular complexity index is 972. The Morgan fingerprint density at radius 2 is 1.88 bits per heavy atom. The zero-order chi connectivity index (χ0) is 18.1. The number of benzene rings is 1. The molecule has 3 rings (SSSR count). The average molecular weight is 357 g/mol. The molecule has 2 aromatic heterocycles. The van der Waals surface area contributed by atoms with Crippen LogP contribution in [0.5, 0.6) is 0 Å². The number of ketones is 1. The first-order valence-electron chi connectivity index (χ1n) is 8.04. The minimum atomic E-state index is -0.299. The van der Waals surface area contributed by atoms with Gasteiger partial charge in [-0.1, -0.05) is 37.6 Å². The van der Waals surface area contributed by atoms with Gasteiger partial charge in [-0.05, 0) is 54.8 Å². The van der Waals surface area contributed by atoms with Gasteiger partial charge in [0.05, 0.1) is 11.2 Å². The Morgan fingerprint density at radius 1 is 1.20 bits per heavy atom. The number of rotatable bonds is 4. The summed E-state index contributed by atoms with van der Waals surface area (Å²) in [4.78, 5) is 11.5. The molecule has 0 amide bonds. The molecule has 3 nitrogen and oxygen atoms in total. The number of hydrogen-bond donors (Lipinski definition) is 0. The number of carbonyl (C=O) groups is 1. The van der Waals surface area contributed by atoms with Crippen molar-refractivity contribution in [1.82, 2.24) is 9.61 Å². The van der Waals surface area contributed by atoms with Gasteiger partial charge >= 0.3 is 0 Å². The predicted molar refractivity (Wildman–Crippen MR) is 99.4 cm³/mol. The lowest BCUT2D eigenvalue weighted by atomic mass is 9.94. The van der Waals surface area contributed by atoms with E-state index in [9.17, 15) is 9.18 Å². The molecule has 128 valence electrons. The van der Waals surface area contributed by atoms with Crippen molar-refractivity contribution in [3.8, 4) is 11.1 Å². The third kappa shape index (κ3) is 3.35. The molecule has 25 heavy (non-hydrogen) atoms. The van der Waals surface area contributed by atoms with Crippen molar-refractivity contribution in [2.75, 3.05) is 0 Å². The van der Waals surface area contributed by atoms with E-state index in [1.54, 1.807) is 28.8 Å². The molecule has 0 spiro atoms. The summed E-state index contributed by atoms with van der Waals surface area (Å²) in [5.41, 5.74) is 4.20. The van der Waals surface area contributed by atoms with Gasteiger partial charge in [-0.2, -0.15) is 5.10 Å². The number of nitrogens with zero attached hydrogens (tertiary/aromatic N) is 2. The van der Waals surface area contributed by atoms with Crippen LogP contribution in [0.1, 0.15) is 37.9 Å². The zero-order valence-corrected chi connectivity index (χ0v) is 15.0. The van der Waals surface area contributed by atoms with Gasteiger partial charge in [-0.15, -0.1) is 0 Å². The van der Waals surface area contributed by atoms with E-state index in [4.69, 9.17) is 11.6 Å². The average Bonchev–Trinajstić information content (AvgIpc) is 2.93. The number of halogens is 2. The Morgan fingerprint density at radius 3 is 2.48 bits per heavy atom. The van der Waals surface area contributed by atoms with Crippen LogP contribution in [0, 0.1) is 5.82 Å². The van der Waals surface area contributed by atoms with Crippen LogP contribution in [0.25, 0.3) is 22.7 Å². The molecule has 0 saturated heterocycles. The van der Waals surface area contributed by atoms with Crippen molar-refractivity contribution in [1.29, 1.82) is 0 Å². The second-order valence-corrected chi connectivity index (χ2v) is 6.62. The smallest absolute Gasteiger partial charge is 0.152 e. The number of allylic oxidation sites excluding steroid dienone is 1. The minimum absolute atomic E-state index is 0.0481. The summed E-state index contributed by atoms with van der Waals surface area (Å²) < 4.78 is 15.1. The van der Waals surface area contributed by atoms with Crippen LogP contribution < -0.4 is 0 Å². The first kappa shape index (κ1) is 17.4. The summed E-state index contributed by atoms with van der Waals surface area (Å²) >= 11 is 6.28. The van der Waals surface area contributed by atoms with Crippen LogP contribution in [0.15, 0.2) is 42.5 Å². The summed E-state index contributed by atoms with van der Waals surface area (Å²) in [6.45, 7) is 5.57. The highest BCUT2D eigenvalue weighted by atomic mass is 35.5. The first-order valence-corrected chi connectivity index (χ1v) is 8.42. The third-order valence-corrected chi connectivity index (χ3v) is 4.27. The molecular formula is C20H18ClFN2O. The van der Waals surface area contributed by atoms with E-state index in [1.807, 2.05) is 19.9 Å². The quantitative estimate of drug-likeness (QED) is 0.577. The monoisotopic (exact) mass is 356 g/mol. The zero-order valence-electron chi connectivity index (χ0n) is 14.3. The van der Waals surface area contributed by atoms with Gasteiger partial charge in [0, 0.05) is 11.1 Å². The Balaban J connectivity index is 2.42. The lowest BCUT2D eigenvalue weighted by Crippen LogP contribution is -2.06. The van der Waals surface area contributed by atoms with E-state index in [0.29, 0.717) is 5.15 Å². The van der Waals surface area contributed by atoms with Gasteiger partial charge in [-0.25, -0.2) is 8.91 Å². The van der Waals surface area contributed by atoms with Gasteiger partial charge in [0.25, 0.3) is 0 Å². The maximum atomic E-state index is 13.4. The second kappa shape index (κ2) is 6.81. The van der Waals surface area contributed by atoms with Crippen molar-refractivity contribution in [3.63, 3.8) is 0 Å². The normalized spacial score (nSPS) is 11.8. The van der Waals surface area contributed by atoms with Crippen molar-refractivity contribution < 1.29 is 9.18 Å². The van der Waals surface area contributed by atoms with Gasteiger partial charge in [0.1, 0.15) is 11.0 Å². The third-order valence-electron chi connectivity index (χ3n) is 3.98. The van der Waals surface area contributed by atoms with E-state index in [-0.39, 0.29) is 17.5 Å². The highest BCUT2D eigenvalue weighted by Gasteiger charge is 2.19. The van der Waals surface area contributed by atoms with Crippen molar-refractivity contribution >= 4 is 29.0 Å². The standard InChI is InChI=1S/C20H18ClFN2O/c1-12(2)20-16(9-4-13(3)25)19(14-5-7-15(22)8-6-14)17-10-11-18(21)24(17)23-20/h4-12H,1-3H3. The molecule has 0 saturated carbocycles. The van der Waals surface area contributed by atoms with E-state index in [0.717, 1.165) is 27.9 Å². The maximum Gasteiger partial charge on any atom is 0.152 e. The summed E-state index contributed by atoms with van der Waals surface area (Å²) in [7, 11) is 0. The topological polar surface area (TPSA) is 34.4 Å². The molecule has 0 unspecified atom stereocenters. The minimum Gasteiger partial charge on any atom is -0.295 e. The lowest BCUT2D eigenvalue weighted by molar-refractivity contribution is -0.112. The fourth-order valence-electron chi connectivity index (χ4n) is 2.84. The summed E-state index contributed by atoms with van der Waals surface area (Å²) in [5, 5.41) is 5.17. The fraction of sp³-hybridized carbons (Fsp3) is 0.200. The summed E-state index contributed by atoms with van der Waals surface area (Å²) in [5.74, 6) is -0.228. The van der Waals surface area contributed by atoms with Gasteiger partial charge < -0.3 is 0 Å². The van der Waals surface area contributed by atoms with Crippen LogP contribution in [0.3, 0.4) is 0 Å². The van der Waals surface area contributed by atoms with Crippen LogP contribution in [-0.2, 0) is 4.79 Å². The molecule has 0 fully saturated rings. The van der Waals surface area contributed by atoms with Crippen LogP contribution >= 0.6 is 11.6 Å². The molecule has 0 aliphatic carbocycles.